The number of hydrogen-bond donors (Lipinski definition) is 2. The first-order valence-electron chi connectivity index (χ1n) is 4.78. The van der Waals surface area contributed by atoms with Gasteiger partial charge in [0.2, 0.25) is 5.96 Å². The maximum absolute atomic E-state index is 11.7. The normalized spacial score (nSPS) is 11.3. The van der Waals surface area contributed by atoms with Gasteiger partial charge in [-0.1, -0.05) is 0 Å². The first kappa shape index (κ1) is 12.1. The Morgan fingerprint density at radius 1 is 1.17 bits per heavy atom. The van der Waals surface area contributed by atoms with Crippen molar-refractivity contribution < 1.29 is 12.8 Å². The standard InChI is InChI=1S/C10H9N3O4S/c11-10(12)13-18(15,16)7-2-3-8-6(5-7)1-4-9(14)17-8/h1-5H,(H4,11,12,13). The van der Waals surface area contributed by atoms with Gasteiger partial charge < -0.3 is 15.9 Å². The maximum atomic E-state index is 11.7. The van der Waals surface area contributed by atoms with Crippen molar-refractivity contribution in [2.24, 2.45) is 15.9 Å². The number of nitrogens with zero attached hydrogens (tertiary/aromatic N) is 1. The highest BCUT2D eigenvalue weighted by atomic mass is 32.2. The van der Waals surface area contributed by atoms with Crippen LogP contribution in [0.15, 0.2) is 48.8 Å². The first-order valence-corrected chi connectivity index (χ1v) is 6.22. The average Bonchev–Trinajstić information content (AvgIpc) is 2.26. The molecule has 7 nitrogen and oxygen atoms in total. The molecule has 0 aliphatic carbocycles. The maximum Gasteiger partial charge on any atom is 0.336 e. The molecule has 94 valence electrons. The zero-order valence-electron chi connectivity index (χ0n) is 9.03. The van der Waals surface area contributed by atoms with E-state index in [0.717, 1.165) is 0 Å². The minimum absolute atomic E-state index is 0.0859. The van der Waals surface area contributed by atoms with E-state index in [4.69, 9.17) is 15.9 Å². The van der Waals surface area contributed by atoms with Gasteiger partial charge in [-0.25, -0.2) is 4.79 Å². The lowest BCUT2D eigenvalue weighted by Crippen LogP contribution is -2.24. The summed E-state index contributed by atoms with van der Waals surface area (Å²) in [5.41, 5.74) is 9.85. The Morgan fingerprint density at radius 2 is 1.89 bits per heavy atom. The molecule has 0 aliphatic rings. The molecule has 0 atom stereocenters. The number of nitrogens with two attached hydrogens (primary N) is 2. The van der Waals surface area contributed by atoms with E-state index in [1.54, 1.807) is 0 Å². The van der Waals surface area contributed by atoms with Gasteiger partial charge in [-0.15, -0.1) is 4.40 Å². The Morgan fingerprint density at radius 3 is 2.56 bits per heavy atom. The fourth-order valence-electron chi connectivity index (χ4n) is 1.40. The summed E-state index contributed by atoms with van der Waals surface area (Å²) < 4.78 is 31.5. The van der Waals surface area contributed by atoms with Crippen molar-refractivity contribution in [1.29, 1.82) is 0 Å². The van der Waals surface area contributed by atoms with Gasteiger partial charge in [0, 0.05) is 11.5 Å². The summed E-state index contributed by atoms with van der Waals surface area (Å²) in [5, 5.41) is 0.460. The minimum Gasteiger partial charge on any atom is -0.423 e. The van der Waals surface area contributed by atoms with Crippen LogP contribution in [0.5, 0.6) is 0 Å². The highest BCUT2D eigenvalue weighted by Crippen LogP contribution is 2.19. The molecule has 0 spiro atoms. The van der Waals surface area contributed by atoms with Crippen LogP contribution in [0.4, 0.5) is 0 Å². The molecular weight excluding hydrogens is 258 g/mol. The average molecular weight is 267 g/mol. The van der Waals surface area contributed by atoms with E-state index in [9.17, 15) is 13.2 Å². The number of benzene rings is 1. The van der Waals surface area contributed by atoms with Crippen LogP contribution < -0.4 is 17.1 Å². The third-order valence-corrected chi connectivity index (χ3v) is 3.42. The molecule has 0 saturated heterocycles. The molecule has 0 bridgehead atoms. The van der Waals surface area contributed by atoms with Crippen LogP contribution >= 0.6 is 0 Å². The summed E-state index contributed by atoms with van der Waals surface area (Å²) >= 11 is 0. The van der Waals surface area contributed by atoms with Gasteiger partial charge in [0.1, 0.15) is 5.58 Å². The van der Waals surface area contributed by atoms with Gasteiger partial charge in [0.25, 0.3) is 10.0 Å². The highest BCUT2D eigenvalue weighted by molar-refractivity contribution is 7.90. The predicted molar refractivity (Wildman–Crippen MR) is 65.5 cm³/mol. The minimum atomic E-state index is -3.94. The Balaban J connectivity index is 2.65. The summed E-state index contributed by atoms with van der Waals surface area (Å²) in [6, 6.07) is 6.59. The zero-order chi connectivity index (χ0) is 13.3. The fraction of sp³-hybridized carbons (Fsp3) is 0. The highest BCUT2D eigenvalue weighted by Gasteiger charge is 2.14. The first-order chi connectivity index (χ1) is 8.38. The topological polar surface area (TPSA) is 129 Å². The molecule has 18 heavy (non-hydrogen) atoms. The fourth-order valence-corrected chi connectivity index (χ4v) is 2.30. The Bertz CT molecular complexity index is 788. The third-order valence-electron chi connectivity index (χ3n) is 2.11. The lowest BCUT2D eigenvalue weighted by atomic mass is 10.2. The van der Waals surface area contributed by atoms with E-state index < -0.39 is 21.6 Å². The van der Waals surface area contributed by atoms with Crippen molar-refractivity contribution in [3.8, 4) is 0 Å². The second-order valence-corrected chi connectivity index (χ2v) is 5.05. The lowest BCUT2D eigenvalue weighted by Gasteiger charge is -2.01. The van der Waals surface area contributed by atoms with Gasteiger partial charge >= 0.3 is 5.63 Å². The number of fused-ring (bicyclic) bond motifs is 1. The van der Waals surface area contributed by atoms with Crippen molar-refractivity contribution in [3.63, 3.8) is 0 Å². The number of rotatable bonds is 2. The van der Waals surface area contributed by atoms with Crippen molar-refractivity contribution in [3.05, 3.63) is 40.8 Å². The van der Waals surface area contributed by atoms with Crippen LogP contribution in [0.2, 0.25) is 0 Å². The Kier molecular flexibility index (Phi) is 2.79. The van der Waals surface area contributed by atoms with E-state index in [2.05, 4.69) is 4.40 Å². The number of sulfonamides is 1. The van der Waals surface area contributed by atoms with Crippen LogP contribution in [0.1, 0.15) is 0 Å². The molecule has 1 aromatic carbocycles. The molecule has 1 aromatic heterocycles. The molecule has 0 saturated carbocycles. The quantitative estimate of drug-likeness (QED) is 0.438. The van der Waals surface area contributed by atoms with Gasteiger partial charge in [-0.05, 0) is 24.3 Å². The molecule has 0 aliphatic heterocycles. The van der Waals surface area contributed by atoms with Crippen LogP contribution in [-0.2, 0) is 10.0 Å². The van der Waals surface area contributed by atoms with Crippen molar-refractivity contribution in [2.75, 3.05) is 0 Å². The van der Waals surface area contributed by atoms with Gasteiger partial charge in [0.05, 0.1) is 4.90 Å². The van der Waals surface area contributed by atoms with E-state index in [1.165, 1.54) is 30.3 Å². The van der Waals surface area contributed by atoms with Gasteiger partial charge in [-0.3, -0.25) is 0 Å². The SMILES string of the molecule is NC(N)=NS(=O)(=O)c1ccc2oc(=O)ccc2c1. The molecule has 2 aromatic rings. The molecule has 4 N–H and O–H groups in total. The van der Waals surface area contributed by atoms with Crippen LogP contribution in [0.3, 0.4) is 0 Å². The zero-order valence-corrected chi connectivity index (χ0v) is 9.85. The molecule has 0 fully saturated rings. The summed E-state index contributed by atoms with van der Waals surface area (Å²) in [6.45, 7) is 0. The van der Waals surface area contributed by atoms with E-state index in [0.29, 0.717) is 5.39 Å². The Hall–Kier alpha value is -2.35. The van der Waals surface area contributed by atoms with Crippen LogP contribution in [0, 0.1) is 0 Å². The van der Waals surface area contributed by atoms with Crippen LogP contribution in [0.25, 0.3) is 11.0 Å². The molecular formula is C10H9N3O4S. The molecule has 0 radical (unpaired) electrons. The van der Waals surface area contributed by atoms with Crippen molar-refractivity contribution in [1.82, 2.24) is 0 Å². The molecule has 1 heterocycles. The smallest absolute Gasteiger partial charge is 0.336 e. The second kappa shape index (κ2) is 4.15. The Labute approximate surface area is 102 Å². The summed E-state index contributed by atoms with van der Waals surface area (Å²) in [6.07, 6.45) is 0. The second-order valence-electron chi connectivity index (χ2n) is 3.45. The van der Waals surface area contributed by atoms with Gasteiger partial charge in [-0.2, -0.15) is 8.42 Å². The summed E-state index contributed by atoms with van der Waals surface area (Å²) in [5.74, 6) is -0.547. The number of hydrogen-bond acceptors (Lipinski definition) is 4. The molecule has 0 unspecified atom stereocenters. The third kappa shape index (κ3) is 2.33. The van der Waals surface area contributed by atoms with Crippen molar-refractivity contribution >= 4 is 27.0 Å². The van der Waals surface area contributed by atoms with Gasteiger partial charge in [0.15, 0.2) is 0 Å². The summed E-state index contributed by atoms with van der Waals surface area (Å²) in [4.78, 5) is 10.9. The van der Waals surface area contributed by atoms with E-state index in [1.807, 2.05) is 0 Å². The molecule has 2 rings (SSSR count). The van der Waals surface area contributed by atoms with E-state index >= 15 is 0 Å². The van der Waals surface area contributed by atoms with E-state index in [-0.39, 0.29) is 10.5 Å². The summed E-state index contributed by atoms with van der Waals surface area (Å²) in [7, 11) is -3.94. The predicted octanol–water partition coefficient (Wildman–Crippen LogP) is -0.245. The molecule has 8 heteroatoms. The molecule has 0 amide bonds. The largest absolute Gasteiger partial charge is 0.423 e. The van der Waals surface area contributed by atoms with Crippen LogP contribution in [-0.4, -0.2) is 14.4 Å². The van der Waals surface area contributed by atoms with Crippen molar-refractivity contribution in [2.45, 2.75) is 4.90 Å². The monoisotopic (exact) mass is 267 g/mol. The number of guanidine groups is 1. The lowest BCUT2D eigenvalue weighted by molar-refractivity contribution is 0.560.